The van der Waals surface area contributed by atoms with E-state index in [9.17, 15) is 8.42 Å². The lowest BCUT2D eigenvalue weighted by Crippen LogP contribution is -2.29. The predicted molar refractivity (Wildman–Crippen MR) is 86.6 cm³/mol. The molecule has 0 amide bonds. The van der Waals surface area contributed by atoms with Crippen molar-refractivity contribution in [3.8, 4) is 0 Å². The molecule has 0 spiro atoms. The number of hydrogen-bond donors (Lipinski definition) is 3. The van der Waals surface area contributed by atoms with Gasteiger partial charge >= 0.3 is 0 Å². The van der Waals surface area contributed by atoms with Gasteiger partial charge in [0.25, 0.3) is 0 Å². The summed E-state index contributed by atoms with van der Waals surface area (Å²) in [7, 11) is -3.76. The van der Waals surface area contributed by atoms with E-state index >= 15 is 0 Å². The first-order valence-electron chi connectivity index (χ1n) is 7.38. The zero-order valence-electron chi connectivity index (χ0n) is 12.8. The first kappa shape index (κ1) is 16.1. The predicted octanol–water partition coefficient (Wildman–Crippen LogP) is 2.61. The SMILES string of the molecule is Cc1c(NCC2(C)CCCCC2)cc(N)cc1S(N)(=O)=O. The number of hydrogen-bond acceptors (Lipinski definition) is 4. The zero-order chi connectivity index (χ0) is 15.7. The minimum absolute atomic E-state index is 0.0961. The van der Waals surface area contributed by atoms with Gasteiger partial charge in [-0.2, -0.15) is 0 Å². The van der Waals surface area contributed by atoms with Crippen LogP contribution in [0.3, 0.4) is 0 Å². The average Bonchev–Trinajstić information content (AvgIpc) is 2.39. The summed E-state index contributed by atoms with van der Waals surface area (Å²) in [6.45, 7) is 4.85. The van der Waals surface area contributed by atoms with Gasteiger partial charge in [0.2, 0.25) is 10.0 Å². The van der Waals surface area contributed by atoms with Crippen LogP contribution in [-0.2, 0) is 10.0 Å². The van der Waals surface area contributed by atoms with E-state index in [1.165, 1.54) is 38.2 Å². The highest BCUT2D eigenvalue weighted by atomic mass is 32.2. The molecule has 0 bridgehead atoms. The fourth-order valence-electron chi connectivity index (χ4n) is 3.08. The number of rotatable bonds is 4. The Morgan fingerprint density at radius 1 is 1.24 bits per heavy atom. The van der Waals surface area contributed by atoms with Gasteiger partial charge in [-0.25, -0.2) is 13.6 Å². The second-order valence-corrected chi connectivity index (χ2v) is 7.99. The smallest absolute Gasteiger partial charge is 0.238 e. The molecule has 0 radical (unpaired) electrons. The van der Waals surface area contributed by atoms with E-state index in [1.54, 1.807) is 13.0 Å². The summed E-state index contributed by atoms with van der Waals surface area (Å²) >= 11 is 0. The van der Waals surface area contributed by atoms with E-state index in [0.717, 1.165) is 12.2 Å². The maximum atomic E-state index is 11.6. The lowest BCUT2D eigenvalue weighted by molar-refractivity contribution is 0.233. The molecule has 0 heterocycles. The van der Waals surface area contributed by atoms with Crippen molar-refractivity contribution in [3.05, 3.63) is 17.7 Å². The highest BCUT2D eigenvalue weighted by Crippen LogP contribution is 2.36. The van der Waals surface area contributed by atoms with Gasteiger partial charge in [-0.3, -0.25) is 0 Å². The molecule has 21 heavy (non-hydrogen) atoms. The third-order valence-corrected chi connectivity index (χ3v) is 5.49. The zero-order valence-corrected chi connectivity index (χ0v) is 13.6. The summed E-state index contributed by atoms with van der Waals surface area (Å²) < 4.78 is 23.2. The lowest BCUT2D eigenvalue weighted by atomic mass is 9.75. The maximum Gasteiger partial charge on any atom is 0.238 e. The summed E-state index contributed by atoms with van der Waals surface area (Å²) in [4.78, 5) is 0.0961. The second-order valence-electron chi connectivity index (χ2n) is 6.46. The Morgan fingerprint density at radius 2 is 1.86 bits per heavy atom. The van der Waals surface area contributed by atoms with Crippen LogP contribution < -0.4 is 16.2 Å². The molecule has 2 rings (SSSR count). The van der Waals surface area contributed by atoms with Gasteiger partial charge in [-0.15, -0.1) is 0 Å². The summed E-state index contributed by atoms with van der Waals surface area (Å²) in [6.07, 6.45) is 6.22. The van der Waals surface area contributed by atoms with Crippen LogP contribution in [0.2, 0.25) is 0 Å². The van der Waals surface area contributed by atoms with Crippen LogP contribution in [-0.4, -0.2) is 15.0 Å². The molecular weight excluding hydrogens is 286 g/mol. The van der Waals surface area contributed by atoms with Gasteiger partial charge in [0, 0.05) is 17.9 Å². The number of anilines is 2. The van der Waals surface area contributed by atoms with Crippen molar-refractivity contribution >= 4 is 21.4 Å². The van der Waals surface area contributed by atoms with E-state index in [1.807, 2.05) is 0 Å². The minimum Gasteiger partial charge on any atom is -0.399 e. The first-order chi connectivity index (χ1) is 9.71. The number of primary sulfonamides is 1. The molecule has 1 saturated carbocycles. The van der Waals surface area contributed by atoms with Crippen molar-refractivity contribution in [2.75, 3.05) is 17.6 Å². The van der Waals surface area contributed by atoms with E-state index in [4.69, 9.17) is 10.9 Å². The number of sulfonamides is 1. The van der Waals surface area contributed by atoms with Crippen LogP contribution in [0.4, 0.5) is 11.4 Å². The Balaban J connectivity index is 2.22. The molecule has 0 aromatic heterocycles. The monoisotopic (exact) mass is 311 g/mol. The number of nitrogen functional groups attached to an aromatic ring is 1. The molecule has 1 fully saturated rings. The number of nitrogens with one attached hydrogen (secondary N) is 1. The standard InChI is InChI=1S/C15H25N3O2S/c1-11-13(8-12(16)9-14(11)21(17,19)20)18-10-15(2)6-4-3-5-7-15/h8-9,18H,3-7,10,16H2,1-2H3,(H2,17,19,20). The Bertz CT molecular complexity index is 620. The van der Waals surface area contributed by atoms with Gasteiger partial charge in [0.05, 0.1) is 4.90 Å². The fraction of sp³-hybridized carbons (Fsp3) is 0.600. The Morgan fingerprint density at radius 3 is 2.43 bits per heavy atom. The average molecular weight is 311 g/mol. The highest BCUT2D eigenvalue weighted by molar-refractivity contribution is 7.89. The van der Waals surface area contributed by atoms with Gasteiger partial charge < -0.3 is 11.1 Å². The molecule has 1 aliphatic carbocycles. The third-order valence-electron chi connectivity index (χ3n) is 4.46. The lowest BCUT2D eigenvalue weighted by Gasteiger charge is -2.34. The van der Waals surface area contributed by atoms with E-state index in [0.29, 0.717) is 11.3 Å². The molecule has 5 N–H and O–H groups in total. The van der Waals surface area contributed by atoms with Gasteiger partial charge in [-0.1, -0.05) is 26.2 Å². The normalized spacial score (nSPS) is 18.4. The summed E-state index contributed by atoms with van der Waals surface area (Å²) in [6, 6.07) is 3.19. The van der Waals surface area contributed by atoms with Crippen molar-refractivity contribution in [1.82, 2.24) is 0 Å². The van der Waals surface area contributed by atoms with Crippen LogP contribution in [0.5, 0.6) is 0 Å². The largest absolute Gasteiger partial charge is 0.399 e. The number of benzene rings is 1. The third kappa shape index (κ3) is 3.89. The first-order valence-corrected chi connectivity index (χ1v) is 8.93. The van der Waals surface area contributed by atoms with Crippen LogP contribution in [0.1, 0.15) is 44.6 Å². The van der Waals surface area contributed by atoms with Crippen molar-refractivity contribution < 1.29 is 8.42 Å². The topological polar surface area (TPSA) is 98.2 Å². The van der Waals surface area contributed by atoms with Gasteiger partial charge in [0.1, 0.15) is 0 Å². The van der Waals surface area contributed by atoms with Gasteiger partial charge in [-0.05, 0) is 42.9 Å². The molecule has 118 valence electrons. The Labute approximate surface area is 127 Å². The van der Waals surface area contributed by atoms with Crippen LogP contribution in [0.25, 0.3) is 0 Å². The Hall–Kier alpha value is -1.27. The molecule has 1 aromatic rings. The molecular formula is C15H25N3O2S. The molecule has 1 aliphatic rings. The van der Waals surface area contributed by atoms with Crippen molar-refractivity contribution in [2.45, 2.75) is 50.8 Å². The van der Waals surface area contributed by atoms with Crippen LogP contribution in [0.15, 0.2) is 17.0 Å². The molecule has 5 nitrogen and oxygen atoms in total. The van der Waals surface area contributed by atoms with E-state index in [-0.39, 0.29) is 10.3 Å². The van der Waals surface area contributed by atoms with E-state index in [2.05, 4.69) is 12.2 Å². The van der Waals surface area contributed by atoms with Crippen molar-refractivity contribution in [2.24, 2.45) is 10.6 Å². The Kier molecular flexibility index (Phi) is 4.49. The quantitative estimate of drug-likeness (QED) is 0.744. The van der Waals surface area contributed by atoms with E-state index < -0.39 is 10.0 Å². The molecule has 0 atom stereocenters. The minimum atomic E-state index is -3.76. The van der Waals surface area contributed by atoms with Crippen LogP contribution in [0, 0.1) is 12.3 Å². The summed E-state index contributed by atoms with van der Waals surface area (Å²) in [5.74, 6) is 0. The summed E-state index contributed by atoms with van der Waals surface area (Å²) in [5.41, 5.74) is 7.86. The molecule has 0 aliphatic heterocycles. The number of nitrogens with two attached hydrogens (primary N) is 2. The highest BCUT2D eigenvalue weighted by Gasteiger charge is 2.27. The fourth-order valence-corrected chi connectivity index (χ4v) is 3.92. The van der Waals surface area contributed by atoms with Gasteiger partial charge in [0.15, 0.2) is 0 Å². The molecule has 1 aromatic carbocycles. The van der Waals surface area contributed by atoms with Crippen LogP contribution >= 0.6 is 0 Å². The molecule has 6 heteroatoms. The maximum absolute atomic E-state index is 11.6. The molecule has 0 unspecified atom stereocenters. The molecule has 0 saturated heterocycles. The summed E-state index contributed by atoms with van der Waals surface area (Å²) in [5, 5.41) is 8.63. The second kappa shape index (κ2) is 5.85. The van der Waals surface area contributed by atoms with Crippen molar-refractivity contribution in [1.29, 1.82) is 0 Å². The van der Waals surface area contributed by atoms with Crippen molar-refractivity contribution in [3.63, 3.8) is 0 Å².